The third-order valence-electron chi connectivity index (χ3n) is 6.28. The van der Waals surface area contributed by atoms with Crippen LogP contribution in [0.1, 0.15) is 43.5 Å². The number of thiophene rings is 1. The van der Waals surface area contributed by atoms with Crippen molar-refractivity contribution in [1.29, 1.82) is 0 Å². The molecule has 0 bridgehead atoms. The molecule has 5 rings (SSSR count). The maximum atomic E-state index is 13.0. The van der Waals surface area contributed by atoms with Gasteiger partial charge in [-0.2, -0.15) is 0 Å². The molecule has 34 heavy (non-hydrogen) atoms. The van der Waals surface area contributed by atoms with Gasteiger partial charge in [0.25, 0.3) is 5.56 Å². The second-order valence-corrected chi connectivity index (χ2v) is 10.1. The van der Waals surface area contributed by atoms with E-state index in [0.29, 0.717) is 49.9 Å². The Morgan fingerprint density at radius 3 is 2.68 bits per heavy atom. The normalized spacial score (nSPS) is 13.6. The summed E-state index contributed by atoms with van der Waals surface area (Å²) in [5.41, 5.74) is 1.09. The highest BCUT2D eigenvalue weighted by Gasteiger charge is 2.25. The Morgan fingerprint density at radius 2 is 1.94 bits per heavy atom. The summed E-state index contributed by atoms with van der Waals surface area (Å²) >= 11 is 1.69. The van der Waals surface area contributed by atoms with Gasteiger partial charge in [0.1, 0.15) is 13.2 Å². The Morgan fingerprint density at radius 1 is 1.15 bits per heavy atom. The van der Waals surface area contributed by atoms with Crippen LogP contribution in [0.5, 0.6) is 11.5 Å². The molecular formula is C24H28N6O3S. The smallest absolute Gasteiger partial charge is 0.252 e. The van der Waals surface area contributed by atoms with Crippen molar-refractivity contribution in [3.63, 3.8) is 0 Å². The summed E-state index contributed by atoms with van der Waals surface area (Å²) in [4.78, 5) is 19.4. The van der Waals surface area contributed by atoms with Gasteiger partial charge >= 0.3 is 0 Å². The van der Waals surface area contributed by atoms with Crippen LogP contribution < -0.4 is 15.0 Å². The average molecular weight is 481 g/mol. The van der Waals surface area contributed by atoms with E-state index in [1.165, 1.54) is 4.88 Å². The summed E-state index contributed by atoms with van der Waals surface area (Å²) in [6.45, 7) is 9.06. The minimum atomic E-state index is -0.199. The molecular weight excluding hydrogens is 452 g/mol. The first kappa shape index (κ1) is 22.5. The highest BCUT2D eigenvalue weighted by atomic mass is 32.1. The number of nitrogens with one attached hydrogen (secondary N) is 1. The van der Waals surface area contributed by atoms with Gasteiger partial charge in [-0.1, -0.05) is 13.0 Å². The maximum absolute atomic E-state index is 13.0. The number of pyridine rings is 1. The SMILES string of the molecule is CCC(C)(C)n1nnnc1CN(Cc1cccs1)Cc1cc2cc3c(cc2[nH]c1=O)OCCO3. The van der Waals surface area contributed by atoms with E-state index in [1.54, 1.807) is 11.3 Å². The fourth-order valence-corrected chi connectivity index (χ4v) is 4.81. The van der Waals surface area contributed by atoms with Gasteiger partial charge in [0.2, 0.25) is 0 Å². The van der Waals surface area contributed by atoms with Crippen molar-refractivity contribution in [3.05, 3.63) is 62.3 Å². The lowest BCUT2D eigenvalue weighted by Crippen LogP contribution is -2.32. The standard InChI is InChI=1S/C24H28N6O3S/c1-4-24(2,3)30-22(26-27-28-30)15-29(14-18-6-5-9-34-18)13-17-10-16-11-20-21(33-8-7-32-20)12-19(16)25-23(17)31/h5-6,9-12H,4,7-8,13-15H2,1-3H3,(H,25,31). The second kappa shape index (κ2) is 9.19. The lowest BCUT2D eigenvalue weighted by Gasteiger charge is -2.26. The minimum absolute atomic E-state index is 0.117. The highest BCUT2D eigenvalue weighted by molar-refractivity contribution is 7.09. The number of ether oxygens (including phenoxy) is 2. The lowest BCUT2D eigenvalue weighted by molar-refractivity contribution is 0.172. The third-order valence-corrected chi connectivity index (χ3v) is 7.14. The largest absolute Gasteiger partial charge is 0.486 e. The maximum Gasteiger partial charge on any atom is 0.252 e. The van der Waals surface area contributed by atoms with Gasteiger partial charge in [-0.3, -0.25) is 9.69 Å². The molecule has 1 aliphatic heterocycles. The highest BCUT2D eigenvalue weighted by Crippen LogP contribution is 2.33. The zero-order valence-electron chi connectivity index (χ0n) is 19.6. The predicted molar refractivity (Wildman–Crippen MR) is 130 cm³/mol. The van der Waals surface area contributed by atoms with Crippen LogP contribution >= 0.6 is 11.3 Å². The van der Waals surface area contributed by atoms with E-state index < -0.39 is 0 Å². The molecule has 0 aliphatic carbocycles. The Hall–Kier alpha value is -3.24. The molecule has 178 valence electrons. The number of nitrogens with zero attached hydrogens (tertiary/aromatic N) is 5. The number of benzene rings is 1. The molecule has 0 unspecified atom stereocenters. The van der Waals surface area contributed by atoms with E-state index in [-0.39, 0.29) is 11.1 Å². The van der Waals surface area contributed by atoms with Crippen molar-refractivity contribution < 1.29 is 9.47 Å². The molecule has 0 saturated heterocycles. The molecule has 0 amide bonds. The van der Waals surface area contributed by atoms with Gasteiger partial charge < -0.3 is 14.5 Å². The number of aromatic nitrogens is 5. The minimum Gasteiger partial charge on any atom is -0.486 e. The summed E-state index contributed by atoms with van der Waals surface area (Å²) < 4.78 is 13.3. The molecule has 9 nitrogen and oxygen atoms in total. The van der Waals surface area contributed by atoms with E-state index in [4.69, 9.17) is 9.47 Å². The Labute approximate surface area is 201 Å². The van der Waals surface area contributed by atoms with E-state index >= 15 is 0 Å². The Kier molecular flexibility index (Phi) is 6.09. The number of hydrogen-bond acceptors (Lipinski definition) is 8. The van der Waals surface area contributed by atoms with Gasteiger partial charge in [0.15, 0.2) is 17.3 Å². The van der Waals surface area contributed by atoms with Crippen LogP contribution in [0.4, 0.5) is 0 Å². The van der Waals surface area contributed by atoms with Crippen LogP contribution in [0.15, 0.2) is 40.5 Å². The second-order valence-electron chi connectivity index (χ2n) is 9.10. The average Bonchev–Trinajstić information content (AvgIpc) is 3.51. The molecule has 10 heteroatoms. The Balaban J connectivity index is 1.47. The summed E-state index contributed by atoms with van der Waals surface area (Å²) in [6.07, 6.45) is 0.899. The molecule has 0 radical (unpaired) electrons. The monoisotopic (exact) mass is 480 g/mol. The number of hydrogen-bond donors (Lipinski definition) is 1. The first-order valence-corrected chi connectivity index (χ1v) is 12.3. The Bertz CT molecular complexity index is 1340. The van der Waals surface area contributed by atoms with E-state index in [2.05, 4.69) is 57.6 Å². The van der Waals surface area contributed by atoms with Gasteiger partial charge in [0, 0.05) is 35.0 Å². The first-order chi connectivity index (χ1) is 16.4. The number of H-pyrrole nitrogens is 1. The fraction of sp³-hybridized carbons (Fsp3) is 0.417. The molecule has 1 aliphatic rings. The molecule has 0 fully saturated rings. The van der Waals surface area contributed by atoms with Gasteiger partial charge in [-0.15, -0.1) is 16.4 Å². The van der Waals surface area contributed by atoms with Crippen LogP contribution in [0.25, 0.3) is 10.9 Å². The van der Waals surface area contributed by atoms with Crippen molar-refractivity contribution in [2.75, 3.05) is 13.2 Å². The molecule has 1 aromatic carbocycles. The number of rotatable bonds is 8. The van der Waals surface area contributed by atoms with Crippen LogP contribution in [0.3, 0.4) is 0 Å². The zero-order chi connectivity index (χ0) is 23.7. The van der Waals surface area contributed by atoms with Gasteiger partial charge in [-0.05, 0) is 54.3 Å². The third kappa shape index (κ3) is 4.55. The molecule has 4 aromatic rings. The summed E-state index contributed by atoms with van der Waals surface area (Å²) in [7, 11) is 0. The van der Waals surface area contributed by atoms with E-state index in [0.717, 1.165) is 23.1 Å². The number of aromatic amines is 1. The summed E-state index contributed by atoms with van der Waals surface area (Å²) in [6, 6.07) is 9.84. The molecule has 1 N–H and O–H groups in total. The molecule has 4 heterocycles. The van der Waals surface area contributed by atoms with Crippen molar-refractivity contribution in [1.82, 2.24) is 30.1 Å². The number of tetrazole rings is 1. The molecule has 0 atom stereocenters. The lowest BCUT2D eigenvalue weighted by atomic mass is 10.0. The van der Waals surface area contributed by atoms with E-state index in [1.807, 2.05) is 28.9 Å². The van der Waals surface area contributed by atoms with Crippen molar-refractivity contribution in [2.24, 2.45) is 0 Å². The number of fused-ring (bicyclic) bond motifs is 2. The van der Waals surface area contributed by atoms with E-state index in [9.17, 15) is 4.79 Å². The zero-order valence-corrected chi connectivity index (χ0v) is 20.4. The first-order valence-electron chi connectivity index (χ1n) is 11.4. The van der Waals surface area contributed by atoms with Crippen molar-refractivity contribution in [2.45, 2.75) is 52.4 Å². The molecule has 3 aromatic heterocycles. The van der Waals surface area contributed by atoms with Crippen LogP contribution in [-0.2, 0) is 25.2 Å². The van der Waals surface area contributed by atoms with Crippen molar-refractivity contribution >= 4 is 22.2 Å². The van der Waals surface area contributed by atoms with Gasteiger partial charge in [0.05, 0.1) is 17.6 Å². The molecule has 0 spiro atoms. The van der Waals surface area contributed by atoms with Crippen molar-refractivity contribution in [3.8, 4) is 11.5 Å². The predicted octanol–water partition coefficient (Wildman–Crippen LogP) is 3.69. The summed E-state index contributed by atoms with van der Waals surface area (Å²) in [5, 5.41) is 15.5. The summed E-state index contributed by atoms with van der Waals surface area (Å²) in [5.74, 6) is 2.14. The topological polar surface area (TPSA) is 98.2 Å². The quantitative estimate of drug-likeness (QED) is 0.411. The fourth-order valence-electron chi connectivity index (χ4n) is 4.06. The van der Waals surface area contributed by atoms with Gasteiger partial charge in [-0.25, -0.2) is 4.68 Å². The molecule has 0 saturated carbocycles. The van der Waals surface area contributed by atoms with Crippen LogP contribution in [-0.4, -0.2) is 43.3 Å². The van der Waals surface area contributed by atoms with Crippen LogP contribution in [0.2, 0.25) is 0 Å². The van der Waals surface area contributed by atoms with Crippen LogP contribution in [0, 0.1) is 0 Å².